The minimum absolute atomic E-state index is 0.0717. The largest absolute Gasteiger partial charge is 0.508 e. The molecule has 0 radical (unpaired) electrons. The van der Waals surface area contributed by atoms with Gasteiger partial charge in [-0.2, -0.15) is 0 Å². The second-order valence-corrected chi connectivity index (χ2v) is 5.26. The van der Waals surface area contributed by atoms with Crippen molar-refractivity contribution in [2.45, 2.75) is 45.7 Å². The predicted molar refractivity (Wildman–Crippen MR) is 73.5 cm³/mol. The third-order valence-corrected chi connectivity index (χ3v) is 3.67. The first-order valence-electron chi connectivity index (χ1n) is 6.12. The summed E-state index contributed by atoms with van der Waals surface area (Å²) in [5.74, 6) is 0.274. The summed E-state index contributed by atoms with van der Waals surface area (Å²) >= 11 is 0. The van der Waals surface area contributed by atoms with Gasteiger partial charge in [0.15, 0.2) is 0 Å². The number of hydrogen-bond acceptors (Lipinski definition) is 3. The molecule has 17 heavy (non-hydrogen) atoms. The van der Waals surface area contributed by atoms with Gasteiger partial charge in [-0.05, 0) is 33.3 Å². The highest BCUT2D eigenvalue weighted by atomic mass is 16.3. The minimum Gasteiger partial charge on any atom is -0.508 e. The molecule has 0 aliphatic carbocycles. The van der Waals surface area contributed by atoms with Gasteiger partial charge in [0.25, 0.3) is 0 Å². The highest BCUT2D eigenvalue weighted by Crippen LogP contribution is 2.31. The van der Waals surface area contributed by atoms with E-state index >= 15 is 0 Å². The van der Waals surface area contributed by atoms with Gasteiger partial charge in [0, 0.05) is 35.9 Å². The van der Waals surface area contributed by atoms with Crippen LogP contribution in [0.5, 0.6) is 5.75 Å². The molecule has 0 aromatic heterocycles. The van der Waals surface area contributed by atoms with Crippen LogP contribution < -0.4 is 10.6 Å². The Labute approximate surface area is 104 Å². The van der Waals surface area contributed by atoms with E-state index < -0.39 is 0 Å². The van der Waals surface area contributed by atoms with E-state index in [1.807, 2.05) is 26.1 Å². The van der Waals surface area contributed by atoms with Crippen molar-refractivity contribution in [1.82, 2.24) is 0 Å². The SMILES string of the molecule is CCC(C)(C)N(C)c1ccc(C(C)N)c(O)c1. The number of anilines is 1. The number of nitrogens with two attached hydrogens (primary N) is 1. The quantitative estimate of drug-likeness (QED) is 0.844. The molecule has 0 heterocycles. The van der Waals surface area contributed by atoms with Crippen LogP contribution in [0.2, 0.25) is 0 Å². The van der Waals surface area contributed by atoms with Gasteiger partial charge in [0.05, 0.1) is 0 Å². The maximum Gasteiger partial charge on any atom is 0.122 e. The maximum atomic E-state index is 9.94. The summed E-state index contributed by atoms with van der Waals surface area (Å²) in [4.78, 5) is 2.18. The molecule has 3 N–H and O–H groups in total. The van der Waals surface area contributed by atoms with Crippen molar-refractivity contribution in [1.29, 1.82) is 0 Å². The number of nitrogens with zero attached hydrogens (tertiary/aromatic N) is 1. The Morgan fingerprint density at radius 1 is 1.41 bits per heavy atom. The minimum atomic E-state index is -0.145. The van der Waals surface area contributed by atoms with Gasteiger partial charge in [-0.15, -0.1) is 0 Å². The topological polar surface area (TPSA) is 49.5 Å². The van der Waals surface area contributed by atoms with Gasteiger partial charge in [-0.25, -0.2) is 0 Å². The molecular weight excluding hydrogens is 212 g/mol. The normalized spacial score (nSPS) is 13.5. The molecule has 0 bridgehead atoms. The zero-order valence-electron chi connectivity index (χ0n) is 11.5. The van der Waals surface area contributed by atoms with Crippen molar-refractivity contribution in [2.24, 2.45) is 5.73 Å². The first-order valence-corrected chi connectivity index (χ1v) is 6.12. The lowest BCUT2D eigenvalue weighted by Gasteiger charge is -2.37. The first kappa shape index (κ1) is 13.8. The summed E-state index contributed by atoms with van der Waals surface area (Å²) < 4.78 is 0. The van der Waals surface area contributed by atoms with Crippen molar-refractivity contribution >= 4 is 5.69 Å². The van der Waals surface area contributed by atoms with Crippen LogP contribution in [0.15, 0.2) is 18.2 Å². The second-order valence-electron chi connectivity index (χ2n) is 5.26. The lowest BCUT2D eigenvalue weighted by Crippen LogP contribution is -2.40. The van der Waals surface area contributed by atoms with Gasteiger partial charge in [0.1, 0.15) is 5.75 Å². The van der Waals surface area contributed by atoms with Crippen LogP contribution in [0.4, 0.5) is 5.69 Å². The van der Waals surface area contributed by atoms with E-state index in [0.717, 1.165) is 17.7 Å². The van der Waals surface area contributed by atoms with E-state index in [2.05, 4.69) is 25.7 Å². The van der Waals surface area contributed by atoms with Gasteiger partial charge in [-0.3, -0.25) is 0 Å². The Hall–Kier alpha value is -1.22. The summed E-state index contributed by atoms with van der Waals surface area (Å²) in [6.45, 7) is 8.40. The van der Waals surface area contributed by atoms with Gasteiger partial charge < -0.3 is 15.7 Å². The Bertz CT molecular complexity index is 386. The van der Waals surface area contributed by atoms with Crippen molar-refractivity contribution in [3.8, 4) is 5.75 Å². The number of hydrogen-bond donors (Lipinski definition) is 2. The van der Waals surface area contributed by atoms with E-state index in [9.17, 15) is 5.11 Å². The molecular formula is C14H24N2O. The highest BCUT2D eigenvalue weighted by molar-refractivity contribution is 5.55. The smallest absolute Gasteiger partial charge is 0.122 e. The molecule has 1 atom stereocenters. The van der Waals surface area contributed by atoms with Gasteiger partial charge >= 0.3 is 0 Å². The molecule has 96 valence electrons. The maximum absolute atomic E-state index is 9.94. The van der Waals surface area contributed by atoms with E-state index in [-0.39, 0.29) is 17.3 Å². The van der Waals surface area contributed by atoms with Crippen LogP contribution in [-0.4, -0.2) is 17.7 Å². The number of rotatable bonds is 4. The molecule has 0 fully saturated rings. The molecule has 3 nitrogen and oxygen atoms in total. The average molecular weight is 236 g/mol. The van der Waals surface area contributed by atoms with Crippen molar-refractivity contribution in [3.05, 3.63) is 23.8 Å². The molecule has 1 rings (SSSR count). The summed E-state index contributed by atoms with van der Waals surface area (Å²) in [5.41, 5.74) is 7.65. The zero-order chi connectivity index (χ0) is 13.2. The fourth-order valence-electron chi connectivity index (χ4n) is 1.71. The fourth-order valence-corrected chi connectivity index (χ4v) is 1.71. The third-order valence-electron chi connectivity index (χ3n) is 3.67. The van der Waals surface area contributed by atoms with Crippen LogP contribution in [0.1, 0.15) is 45.7 Å². The summed E-state index contributed by atoms with van der Waals surface area (Å²) in [7, 11) is 2.05. The van der Waals surface area contributed by atoms with Crippen LogP contribution in [-0.2, 0) is 0 Å². The molecule has 0 saturated carbocycles. The third kappa shape index (κ3) is 2.91. The fraction of sp³-hybridized carbons (Fsp3) is 0.571. The lowest BCUT2D eigenvalue weighted by molar-refractivity contribution is 0.456. The zero-order valence-corrected chi connectivity index (χ0v) is 11.5. The number of phenols is 1. The Morgan fingerprint density at radius 3 is 2.41 bits per heavy atom. The molecule has 1 aromatic carbocycles. The molecule has 0 aliphatic rings. The monoisotopic (exact) mass is 236 g/mol. The van der Waals surface area contributed by atoms with Crippen molar-refractivity contribution in [2.75, 3.05) is 11.9 Å². The summed E-state index contributed by atoms with van der Waals surface area (Å²) in [6, 6.07) is 5.55. The molecule has 1 unspecified atom stereocenters. The first-order chi connectivity index (χ1) is 7.79. The van der Waals surface area contributed by atoms with E-state index in [4.69, 9.17) is 5.73 Å². The molecule has 0 saturated heterocycles. The molecule has 0 amide bonds. The second kappa shape index (κ2) is 4.96. The van der Waals surface area contributed by atoms with Gasteiger partial charge in [0.2, 0.25) is 0 Å². The number of phenolic OH excluding ortho intramolecular Hbond substituents is 1. The molecule has 0 spiro atoms. The number of benzene rings is 1. The highest BCUT2D eigenvalue weighted by Gasteiger charge is 2.22. The molecule has 3 heteroatoms. The van der Waals surface area contributed by atoms with Crippen molar-refractivity contribution < 1.29 is 5.11 Å². The van der Waals surface area contributed by atoms with E-state index in [1.54, 1.807) is 6.07 Å². The Kier molecular flexibility index (Phi) is 4.04. The van der Waals surface area contributed by atoms with E-state index in [1.165, 1.54) is 0 Å². The van der Waals surface area contributed by atoms with Crippen LogP contribution >= 0.6 is 0 Å². The van der Waals surface area contributed by atoms with Crippen molar-refractivity contribution in [3.63, 3.8) is 0 Å². The van der Waals surface area contributed by atoms with Crippen LogP contribution in [0.3, 0.4) is 0 Å². The number of aromatic hydroxyl groups is 1. The average Bonchev–Trinajstić information content (AvgIpc) is 2.27. The Morgan fingerprint density at radius 2 is 2.00 bits per heavy atom. The van der Waals surface area contributed by atoms with Crippen LogP contribution in [0.25, 0.3) is 0 Å². The standard InChI is InChI=1S/C14H24N2O/c1-6-14(3,4)16(5)11-7-8-12(10(2)15)13(17)9-11/h7-10,17H,6,15H2,1-5H3. The Balaban J connectivity index is 3.06. The summed E-state index contributed by atoms with van der Waals surface area (Å²) in [5, 5.41) is 9.94. The predicted octanol–water partition coefficient (Wildman–Crippen LogP) is 3.04. The van der Waals surface area contributed by atoms with Crippen LogP contribution in [0, 0.1) is 0 Å². The summed E-state index contributed by atoms with van der Waals surface area (Å²) in [6.07, 6.45) is 1.04. The van der Waals surface area contributed by atoms with E-state index in [0.29, 0.717) is 0 Å². The lowest BCUT2D eigenvalue weighted by atomic mass is 9.98. The van der Waals surface area contributed by atoms with Gasteiger partial charge in [-0.1, -0.05) is 13.0 Å². The molecule has 0 aliphatic heterocycles. The molecule has 1 aromatic rings.